The zero-order valence-electron chi connectivity index (χ0n) is 14.2. The average Bonchev–Trinajstić information content (AvgIpc) is 2.41. The van der Waals surface area contributed by atoms with Gasteiger partial charge in [-0.25, -0.2) is 4.98 Å². The number of nitrogens with two attached hydrogens (primary N) is 1. The fourth-order valence-electron chi connectivity index (χ4n) is 2.17. The highest BCUT2D eigenvalue weighted by atomic mass is 16.2. The van der Waals surface area contributed by atoms with Crippen molar-refractivity contribution in [3.63, 3.8) is 0 Å². The first-order valence-corrected chi connectivity index (χ1v) is 7.83. The van der Waals surface area contributed by atoms with Crippen molar-refractivity contribution in [3.05, 3.63) is 27.4 Å². The lowest BCUT2D eigenvalue weighted by Crippen LogP contribution is -2.43. The summed E-state index contributed by atoms with van der Waals surface area (Å²) in [6.07, 6.45) is 2.83. The summed E-state index contributed by atoms with van der Waals surface area (Å²) in [7, 11) is 0. The van der Waals surface area contributed by atoms with Gasteiger partial charge in [0.15, 0.2) is 0 Å². The van der Waals surface area contributed by atoms with Crippen LogP contribution in [0.2, 0.25) is 0 Å². The number of amides is 1. The maximum atomic E-state index is 12.4. The second-order valence-electron chi connectivity index (χ2n) is 6.67. The van der Waals surface area contributed by atoms with Gasteiger partial charge in [-0.2, -0.15) is 0 Å². The van der Waals surface area contributed by atoms with E-state index < -0.39 is 11.5 Å². The van der Waals surface area contributed by atoms with Crippen molar-refractivity contribution in [2.24, 2.45) is 5.73 Å². The van der Waals surface area contributed by atoms with Gasteiger partial charge in [0.05, 0.1) is 5.69 Å². The monoisotopic (exact) mass is 308 g/mol. The lowest BCUT2D eigenvalue weighted by atomic mass is 9.95. The first kappa shape index (κ1) is 18.4. The normalized spacial score (nSPS) is 13.0. The molecule has 1 aromatic rings. The van der Waals surface area contributed by atoms with E-state index in [1.165, 1.54) is 0 Å². The van der Waals surface area contributed by atoms with Gasteiger partial charge >= 0.3 is 0 Å². The molecule has 6 nitrogen and oxygen atoms in total. The molecule has 124 valence electrons. The molecule has 22 heavy (non-hydrogen) atoms. The molecule has 0 aromatic carbocycles. The Hall–Kier alpha value is -1.69. The maximum absolute atomic E-state index is 12.4. The van der Waals surface area contributed by atoms with Crippen LogP contribution in [0.25, 0.3) is 0 Å². The van der Waals surface area contributed by atoms with E-state index in [-0.39, 0.29) is 17.0 Å². The number of nitrogens with zero attached hydrogens (tertiary/aromatic N) is 1. The zero-order chi connectivity index (χ0) is 16.9. The number of carbonyl (C=O) groups is 1. The Morgan fingerprint density at radius 3 is 2.50 bits per heavy atom. The highest BCUT2D eigenvalue weighted by Crippen LogP contribution is 2.17. The molecule has 4 N–H and O–H groups in total. The lowest BCUT2D eigenvalue weighted by molar-refractivity contribution is 0.0933. The Labute approximate surface area is 131 Å². The van der Waals surface area contributed by atoms with Crippen LogP contribution in [0.15, 0.2) is 4.79 Å². The Bertz CT molecular complexity index is 572. The summed E-state index contributed by atoms with van der Waals surface area (Å²) in [5, 5.41) is 2.83. The smallest absolute Gasteiger partial charge is 0.264 e. The van der Waals surface area contributed by atoms with E-state index in [0.29, 0.717) is 18.1 Å². The Morgan fingerprint density at radius 1 is 1.41 bits per heavy atom. The number of H-pyrrole nitrogens is 1. The Balaban J connectivity index is 3.02. The van der Waals surface area contributed by atoms with Gasteiger partial charge in [-0.3, -0.25) is 9.59 Å². The second-order valence-corrected chi connectivity index (χ2v) is 6.67. The van der Waals surface area contributed by atoms with Crippen LogP contribution in [0.4, 0.5) is 0 Å². The molecule has 0 spiro atoms. The van der Waals surface area contributed by atoms with Crippen LogP contribution < -0.4 is 16.6 Å². The summed E-state index contributed by atoms with van der Waals surface area (Å²) in [4.78, 5) is 31.7. The summed E-state index contributed by atoms with van der Waals surface area (Å²) >= 11 is 0. The van der Waals surface area contributed by atoms with Gasteiger partial charge in [0.25, 0.3) is 11.5 Å². The molecule has 0 aliphatic rings. The third-order valence-electron chi connectivity index (χ3n) is 3.56. The zero-order valence-corrected chi connectivity index (χ0v) is 14.2. The van der Waals surface area contributed by atoms with Crippen LogP contribution in [-0.2, 0) is 5.41 Å². The van der Waals surface area contributed by atoms with Gasteiger partial charge in [0.2, 0.25) is 0 Å². The van der Waals surface area contributed by atoms with E-state index in [1.54, 1.807) is 6.92 Å². The highest BCUT2D eigenvalue weighted by Gasteiger charge is 2.23. The molecular formula is C16H28N4O2. The minimum atomic E-state index is -0.404. The van der Waals surface area contributed by atoms with Crippen molar-refractivity contribution in [1.82, 2.24) is 15.3 Å². The predicted molar refractivity (Wildman–Crippen MR) is 88.1 cm³/mol. The average molecular weight is 308 g/mol. The number of rotatable bonds is 6. The van der Waals surface area contributed by atoms with Crippen molar-refractivity contribution in [2.45, 2.75) is 65.3 Å². The maximum Gasteiger partial charge on any atom is 0.264 e. The number of aromatic nitrogens is 2. The van der Waals surface area contributed by atoms with Crippen molar-refractivity contribution in [1.29, 1.82) is 0 Å². The van der Waals surface area contributed by atoms with Crippen molar-refractivity contribution in [3.8, 4) is 0 Å². The number of carbonyl (C=O) groups excluding carboxylic acids is 1. The Kier molecular flexibility index (Phi) is 6.29. The molecule has 0 aliphatic carbocycles. The van der Waals surface area contributed by atoms with E-state index in [9.17, 15) is 9.59 Å². The van der Waals surface area contributed by atoms with Crippen LogP contribution in [0, 0.1) is 6.92 Å². The quantitative estimate of drug-likeness (QED) is 0.743. The molecular weight excluding hydrogens is 280 g/mol. The molecule has 0 saturated heterocycles. The summed E-state index contributed by atoms with van der Waals surface area (Å²) in [6, 6.07) is -0.117. The van der Waals surface area contributed by atoms with Gasteiger partial charge in [0.1, 0.15) is 11.4 Å². The molecule has 6 heteroatoms. The fraction of sp³-hybridized carbons (Fsp3) is 0.688. The fourth-order valence-corrected chi connectivity index (χ4v) is 2.17. The first-order valence-electron chi connectivity index (χ1n) is 7.83. The first-order chi connectivity index (χ1) is 10.2. The van der Waals surface area contributed by atoms with Gasteiger partial charge in [0, 0.05) is 18.0 Å². The molecule has 0 saturated carbocycles. The third kappa shape index (κ3) is 4.66. The van der Waals surface area contributed by atoms with E-state index in [0.717, 1.165) is 19.3 Å². The van der Waals surface area contributed by atoms with E-state index in [1.807, 2.05) is 20.8 Å². The number of hydrogen-bond donors (Lipinski definition) is 3. The predicted octanol–water partition coefficient (Wildman–Crippen LogP) is 1.62. The summed E-state index contributed by atoms with van der Waals surface area (Å²) < 4.78 is 0. The minimum Gasteiger partial charge on any atom is -0.348 e. The SMILES string of the molecule is CCCCC(CN)NC(=O)c1c(C)nc(C(C)(C)C)[nH]c1=O. The molecule has 1 rings (SSSR count). The molecule has 0 radical (unpaired) electrons. The standard InChI is InChI=1S/C16H28N4O2/c1-6-7-8-11(9-17)19-13(21)12-10(2)18-15(16(3,4)5)20-14(12)22/h11H,6-9,17H2,1-5H3,(H,19,21)(H,18,20,22). The van der Waals surface area contributed by atoms with Crippen LogP contribution in [0.1, 0.15) is 68.8 Å². The second kappa shape index (κ2) is 7.54. The molecule has 1 unspecified atom stereocenters. The number of aryl methyl sites for hydroxylation is 1. The van der Waals surface area contributed by atoms with Crippen molar-refractivity contribution < 1.29 is 4.79 Å². The summed E-state index contributed by atoms with van der Waals surface area (Å²) in [5.74, 6) is 0.172. The van der Waals surface area contributed by atoms with Gasteiger partial charge < -0.3 is 16.0 Å². The molecule has 0 fully saturated rings. The molecule has 0 bridgehead atoms. The number of hydrogen-bond acceptors (Lipinski definition) is 4. The van der Waals surface area contributed by atoms with Gasteiger partial charge in [-0.1, -0.05) is 40.5 Å². The van der Waals surface area contributed by atoms with E-state index in [2.05, 4.69) is 22.2 Å². The lowest BCUT2D eigenvalue weighted by Gasteiger charge is -2.20. The minimum absolute atomic E-state index is 0.0722. The van der Waals surface area contributed by atoms with Gasteiger partial charge in [-0.15, -0.1) is 0 Å². The van der Waals surface area contributed by atoms with Crippen molar-refractivity contribution in [2.75, 3.05) is 6.54 Å². The van der Waals surface area contributed by atoms with Crippen molar-refractivity contribution >= 4 is 5.91 Å². The van der Waals surface area contributed by atoms with E-state index >= 15 is 0 Å². The van der Waals surface area contributed by atoms with Crippen LogP contribution >= 0.6 is 0 Å². The summed E-state index contributed by atoms with van der Waals surface area (Å²) in [5.41, 5.74) is 5.52. The van der Waals surface area contributed by atoms with Crippen LogP contribution in [0.5, 0.6) is 0 Å². The molecule has 0 aliphatic heterocycles. The largest absolute Gasteiger partial charge is 0.348 e. The number of aromatic amines is 1. The Morgan fingerprint density at radius 2 is 2.05 bits per heavy atom. The molecule has 1 heterocycles. The van der Waals surface area contributed by atoms with Gasteiger partial charge in [-0.05, 0) is 13.3 Å². The third-order valence-corrected chi connectivity index (χ3v) is 3.56. The summed E-state index contributed by atoms with van der Waals surface area (Å²) in [6.45, 7) is 10.00. The molecule has 1 atom stereocenters. The molecule has 1 aromatic heterocycles. The van der Waals surface area contributed by atoms with Crippen LogP contribution in [-0.4, -0.2) is 28.5 Å². The molecule has 1 amide bonds. The van der Waals surface area contributed by atoms with Crippen LogP contribution in [0.3, 0.4) is 0 Å². The number of unbranched alkanes of at least 4 members (excludes halogenated alkanes) is 1. The highest BCUT2D eigenvalue weighted by molar-refractivity contribution is 5.95. The van der Waals surface area contributed by atoms with E-state index in [4.69, 9.17) is 5.73 Å². The topological polar surface area (TPSA) is 101 Å². The number of nitrogens with one attached hydrogen (secondary N) is 2.